The number of allylic oxidation sites excluding steroid dienone is 1. The molecule has 0 fully saturated rings. The second-order valence-corrected chi connectivity index (χ2v) is 6.07. The summed E-state index contributed by atoms with van der Waals surface area (Å²) in [6.45, 7) is 0. The van der Waals surface area contributed by atoms with Crippen molar-refractivity contribution in [3.63, 3.8) is 0 Å². The molecule has 0 saturated carbocycles. The number of nitrogens with zero attached hydrogens (tertiary/aromatic N) is 2. The van der Waals surface area contributed by atoms with Gasteiger partial charge in [-0.15, -0.1) is 11.3 Å². The fourth-order valence-electron chi connectivity index (χ4n) is 2.43. The maximum absolute atomic E-state index is 12.3. The Bertz CT molecular complexity index is 740. The molecule has 0 unspecified atom stereocenters. The molecule has 23 heavy (non-hydrogen) atoms. The van der Waals surface area contributed by atoms with Gasteiger partial charge in [-0.2, -0.15) is 0 Å². The van der Waals surface area contributed by atoms with Crippen molar-refractivity contribution in [1.82, 2.24) is 9.97 Å². The van der Waals surface area contributed by atoms with Gasteiger partial charge < -0.3 is 5.32 Å². The van der Waals surface area contributed by atoms with Gasteiger partial charge in [-0.3, -0.25) is 14.9 Å². The van der Waals surface area contributed by atoms with Crippen molar-refractivity contribution >= 4 is 34.0 Å². The summed E-state index contributed by atoms with van der Waals surface area (Å²) in [5.41, 5.74) is 1.74. The number of amides is 2. The quantitative estimate of drug-likeness (QED) is 0.825. The van der Waals surface area contributed by atoms with E-state index in [1.54, 1.807) is 23.7 Å². The molecule has 0 spiro atoms. The zero-order valence-electron chi connectivity index (χ0n) is 12.4. The van der Waals surface area contributed by atoms with Crippen LogP contribution in [-0.2, 0) is 4.79 Å². The van der Waals surface area contributed by atoms with Gasteiger partial charge in [0.15, 0.2) is 10.8 Å². The number of rotatable bonds is 5. The molecule has 2 N–H and O–H groups in total. The van der Waals surface area contributed by atoms with E-state index in [1.165, 1.54) is 17.5 Å². The van der Waals surface area contributed by atoms with Crippen molar-refractivity contribution < 1.29 is 9.59 Å². The van der Waals surface area contributed by atoms with Crippen LogP contribution in [0.15, 0.2) is 41.6 Å². The summed E-state index contributed by atoms with van der Waals surface area (Å²) < 4.78 is 0. The third-order valence-electron chi connectivity index (χ3n) is 3.47. The highest BCUT2D eigenvalue weighted by molar-refractivity contribution is 7.13. The molecule has 2 amide bonds. The van der Waals surface area contributed by atoms with Gasteiger partial charge in [0.1, 0.15) is 0 Å². The summed E-state index contributed by atoms with van der Waals surface area (Å²) >= 11 is 1.32. The monoisotopic (exact) mass is 328 g/mol. The fraction of sp³-hybridized carbons (Fsp3) is 0.250. The molecule has 0 radical (unpaired) electrons. The molecular formula is C16H16N4O2S. The highest BCUT2D eigenvalue weighted by Gasteiger charge is 2.17. The van der Waals surface area contributed by atoms with Gasteiger partial charge in [0.05, 0.1) is 5.69 Å². The van der Waals surface area contributed by atoms with Crippen LogP contribution in [0, 0.1) is 0 Å². The predicted molar refractivity (Wildman–Crippen MR) is 89.5 cm³/mol. The van der Waals surface area contributed by atoms with Crippen molar-refractivity contribution in [1.29, 1.82) is 0 Å². The number of pyridine rings is 1. The minimum absolute atomic E-state index is 0.130. The zero-order valence-corrected chi connectivity index (χ0v) is 13.2. The van der Waals surface area contributed by atoms with Crippen molar-refractivity contribution in [2.24, 2.45) is 0 Å². The molecule has 118 valence electrons. The Labute approximate surface area is 137 Å². The molecule has 1 aliphatic carbocycles. The summed E-state index contributed by atoms with van der Waals surface area (Å²) in [7, 11) is 0. The molecular weight excluding hydrogens is 312 g/mol. The van der Waals surface area contributed by atoms with Crippen molar-refractivity contribution in [3.8, 4) is 0 Å². The second-order valence-electron chi connectivity index (χ2n) is 5.17. The average Bonchev–Trinajstić information content (AvgIpc) is 3.21. The largest absolute Gasteiger partial charge is 0.324 e. The van der Waals surface area contributed by atoms with Gasteiger partial charge in [0.2, 0.25) is 5.91 Å². The molecule has 0 atom stereocenters. The SMILES string of the molecule is O=C(CC1=CCCC1)Nc1cccnc1C(=O)Nc1nccs1. The lowest BCUT2D eigenvalue weighted by Crippen LogP contribution is -2.19. The first-order chi connectivity index (χ1) is 11.2. The maximum atomic E-state index is 12.3. The van der Waals surface area contributed by atoms with Crippen LogP contribution in [0.3, 0.4) is 0 Å². The number of hydrogen-bond acceptors (Lipinski definition) is 5. The van der Waals surface area contributed by atoms with Crippen LogP contribution in [0.25, 0.3) is 0 Å². The van der Waals surface area contributed by atoms with Gasteiger partial charge >= 0.3 is 0 Å². The van der Waals surface area contributed by atoms with Gasteiger partial charge in [-0.25, -0.2) is 9.97 Å². The predicted octanol–water partition coefficient (Wildman–Crippen LogP) is 3.23. The average molecular weight is 328 g/mol. The van der Waals surface area contributed by atoms with Gasteiger partial charge in [-0.1, -0.05) is 11.6 Å². The van der Waals surface area contributed by atoms with Crippen LogP contribution >= 0.6 is 11.3 Å². The fourth-order valence-corrected chi connectivity index (χ4v) is 2.95. The molecule has 0 aromatic carbocycles. The summed E-state index contributed by atoms with van der Waals surface area (Å²) in [6, 6.07) is 3.36. The second kappa shape index (κ2) is 7.15. The lowest BCUT2D eigenvalue weighted by atomic mass is 10.1. The van der Waals surface area contributed by atoms with Gasteiger partial charge in [0.25, 0.3) is 5.91 Å². The normalized spacial score (nSPS) is 13.5. The Kier molecular flexibility index (Phi) is 4.77. The number of thiazole rings is 1. The zero-order chi connectivity index (χ0) is 16.1. The van der Waals surface area contributed by atoms with Crippen LogP contribution in [0.5, 0.6) is 0 Å². The number of aromatic nitrogens is 2. The Morgan fingerprint density at radius 3 is 2.87 bits per heavy atom. The molecule has 7 heteroatoms. The maximum Gasteiger partial charge on any atom is 0.278 e. The Morgan fingerprint density at radius 2 is 2.13 bits per heavy atom. The third kappa shape index (κ3) is 4.01. The highest BCUT2D eigenvalue weighted by Crippen LogP contribution is 2.22. The first kappa shape index (κ1) is 15.4. The molecule has 0 bridgehead atoms. The van der Waals surface area contributed by atoms with E-state index in [-0.39, 0.29) is 11.6 Å². The van der Waals surface area contributed by atoms with E-state index in [4.69, 9.17) is 0 Å². The number of carbonyl (C=O) groups excluding carboxylic acids is 2. The highest BCUT2D eigenvalue weighted by atomic mass is 32.1. The number of nitrogens with one attached hydrogen (secondary N) is 2. The van der Waals surface area contributed by atoms with Gasteiger partial charge in [-0.05, 0) is 31.4 Å². The van der Waals surface area contributed by atoms with E-state index in [2.05, 4.69) is 26.7 Å². The summed E-state index contributed by atoms with van der Waals surface area (Å²) in [6.07, 6.45) is 8.72. The lowest BCUT2D eigenvalue weighted by Gasteiger charge is -2.10. The molecule has 2 aromatic heterocycles. The number of hydrogen-bond donors (Lipinski definition) is 2. The number of anilines is 2. The van der Waals surface area contributed by atoms with E-state index in [0.717, 1.165) is 24.8 Å². The van der Waals surface area contributed by atoms with Crippen molar-refractivity contribution in [2.45, 2.75) is 25.7 Å². The molecule has 1 aliphatic rings. The van der Waals surface area contributed by atoms with Crippen LogP contribution in [0.4, 0.5) is 10.8 Å². The minimum Gasteiger partial charge on any atom is -0.324 e. The smallest absolute Gasteiger partial charge is 0.278 e. The van der Waals surface area contributed by atoms with Crippen LogP contribution in [0.2, 0.25) is 0 Å². The first-order valence-corrected chi connectivity index (χ1v) is 8.24. The third-order valence-corrected chi connectivity index (χ3v) is 4.16. The Hall–Kier alpha value is -2.54. The Balaban J connectivity index is 1.69. The first-order valence-electron chi connectivity index (χ1n) is 7.36. The van der Waals surface area contributed by atoms with Crippen molar-refractivity contribution in [3.05, 3.63) is 47.2 Å². The Morgan fingerprint density at radius 1 is 1.22 bits per heavy atom. The lowest BCUT2D eigenvalue weighted by molar-refractivity contribution is -0.115. The van der Waals surface area contributed by atoms with E-state index in [9.17, 15) is 9.59 Å². The van der Waals surface area contributed by atoms with E-state index in [1.807, 2.05) is 0 Å². The minimum atomic E-state index is -0.393. The van der Waals surface area contributed by atoms with Crippen molar-refractivity contribution in [2.75, 3.05) is 10.6 Å². The molecule has 3 rings (SSSR count). The molecule has 2 heterocycles. The topological polar surface area (TPSA) is 84.0 Å². The summed E-state index contributed by atoms with van der Waals surface area (Å²) in [5.74, 6) is -0.523. The number of carbonyl (C=O) groups is 2. The van der Waals surface area contributed by atoms with E-state index in [0.29, 0.717) is 17.2 Å². The molecule has 0 saturated heterocycles. The summed E-state index contributed by atoms with van der Waals surface area (Å²) in [5, 5.41) is 7.71. The van der Waals surface area contributed by atoms with E-state index >= 15 is 0 Å². The molecule has 2 aromatic rings. The standard InChI is InChI=1S/C16H16N4O2S/c21-13(10-11-4-1-2-5-11)19-12-6-3-7-17-14(12)15(22)20-16-18-8-9-23-16/h3-4,6-9H,1-2,5,10H2,(H,19,21)(H,18,20,22). The van der Waals surface area contributed by atoms with E-state index < -0.39 is 5.91 Å². The van der Waals surface area contributed by atoms with Gasteiger partial charge in [0, 0.05) is 24.2 Å². The molecule has 6 nitrogen and oxygen atoms in total. The molecule has 0 aliphatic heterocycles. The van der Waals surface area contributed by atoms with Crippen LogP contribution < -0.4 is 10.6 Å². The van der Waals surface area contributed by atoms with Crippen LogP contribution in [-0.4, -0.2) is 21.8 Å². The summed E-state index contributed by atoms with van der Waals surface area (Å²) in [4.78, 5) is 32.5. The van der Waals surface area contributed by atoms with Crippen LogP contribution in [0.1, 0.15) is 36.2 Å².